The standard InChI is InChI=1S/C24H35N3O6S/c1-16-5-4-6-21(17(16)2)27-15-18(13-23(27)28)24(29)25-20-14-19(7-8-22(20)32-3)34(30,31)26-9-11-33-12-10-26/h7-8,14,16-18,21H,4-6,9-13,15H2,1-3H3,(H,25,29)/t16-,17-,18+,21+/m0/s1. The minimum atomic E-state index is -3.72. The van der Waals surface area contributed by atoms with Gasteiger partial charge in [0.25, 0.3) is 0 Å². The fourth-order valence-corrected chi connectivity index (χ4v) is 6.77. The normalized spacial score (nSPS) is 28.7. The second kappa shape index (κ2) is 10.2. The summed E-state index contributed by atoms with van der Waals surface area (Å²) in [6.45, 7) is 6.09. The van der Waals surface area contributed by atoms with Gasteiger partial charge in [0.05, 0.1) is 36.8 Å². The lowest BCUT2D eigenvalue weighted by Gasteiger charge is -2.40. The number of hydrogen-bond donors (Lipinski definition) is 1. The van der Waals surface area contributed by atoms with Gasteiger partial charge in [0.2, 0.25) is 21.8 Å². The number of methoxy groups -OCH3 is 1. The van der Waals surface area contributed by atoms with E-state index >= 15 is 0 Å². The van der Waals surface area contributed by atoms with Crippen LogP contribution < -0.4 is 10.1 Å². The predicted octanol–water partition coefficient (Wildman–Crippen LogP) is 2.33. The number of sulfonamides is 1. The van der Waals surface area contributed by atoms with Crippen molar-refractivity contribution in [3.8, 4) is 5.75 Å². The molecular weight excluding hydrogens is 458 g/mol. The first-order valence-corrected chi connectivity index (χ1v) is 13.5. The summed E-state index contributed by atoms with van der Waals surface area (Å²) in [5.41, 5.74) is 0.285. The van der Waals surface area contributed by atoms with Crippen molar-refractivity contribution < 1.29 is 27.5 Å². The van der Waals surface area contributed by atoms with Gasteiger partial charge in [-0.1, -0.05) is 26.7 Å². The zero-order chi connectivity index (χ0) is 24.5. The highest BCUT2D eigenvalue weighted by atomic mass is 32.2. The van der Waals surface area contributed by atoms with E-state index in [1.165, 1.54) is 30.0 Å². The summed E-state index contributed by atoms with van der Waals surface area (Å²) in [5, 5.41) is 2.83. The van der Waals surface area contributed by atoms with Crippen LogP contribution in [-0.2, 0) is 24.3 Å². The fourth-order valence-electron chi connectivity index (χ4n) is 5.34. The molecule has 3 aliphatic rings. The first-order valence-electron chi connectivity index (χ1n) is 12.1. The summed E-state index contributed by atoms with van der Waals surface area (Å²) in [7, 11) is -2.26. The largest absolute Gasteiger partial charge is 0.495 e. The van der Waals surface area contributed by atoms with Gasteiger partial charge in [-0.05, 0) is 36.5 Å². The van der Waals surface area contributed by atoms with Crippen molar-refractivity contribution in [2.24, 2.45) is 17.8 Å². The van der Waals surface area contributed by atoms with E-state index < -0.39 is 15.9 Å². The van der Waals surface area contributed by atoms with Gasteiger partial charge >= 0.3 is 0 Å². The average molecular weight is 494 g/mol. The van der Waals surface area contributed by atoms with Crippen molar-refractivity contribution >= 4 is 27.5 Å². The Bertz CT molecular complexity index is 1020. The van der Waals surface area contributed by atoms with E-state index in [0.717, 1.165) is 12.8 Å². The van der Waals surface area contributed by atoms with Gasteiger partial charge in [-0.25, -0.2) is 8.42 Å². The van der Waals surface area contributed by atoms with Gasteiger partial charge in [0, 0.05) is 32.1 Å². The third-order valence-electron chi connectivity index (χ3n) is 7.63. The third kappa shape index (κ3) is 4.94. The maximum atomic E-state index is 13.1. The molecule has 2 amide bonds. The van der Waals surface area contributed by atoms with Crippen LogP contribution in [0.3, 0.4) is 0 Å². The smallest absolute Gasteiger partial charge is 0.243 e. The monoisotopic (exact) mass is 493 g/mol. The van der Waals surface area contributed by atoms with E-state index in [2.05, 4.69) is 19.2 Å². The lowest BCUT2D eigenvalue weighted by Crippen LogP contribution is -2.45. The van der Waals surface area contributed by atoms with Crippen LogP contribution in [0, 0.1) is 17.8 Å². The van der Waals surface area contributed by atoms with Crippen LogP contribution >= 0.6 is 0 Å². The summed E-state index contributed by atoms with van der Waals surface area (Å²) in [6.07, 6.45) is 3.41. The topological polar surface area (TPSA) is 105 Å². The zero-order valence-corrected chi connectivity index (χ0v) is 21.0. The Kier molecular flexibility index (Phi) is 7.49. The summed E-state index contributed by atoms with van der Waals surface area (Å²) >= 11 is 0. The molecule has 1 N–H and O–H groups in total. The number of morpholine rings is 1. The molecule has 0 spiro atoms. The number of amides is 2. The number of hydrogen-bond acceptors (Lipinski definition) is 6. The quantitative estimate of drug-likeness (QED) is 0.652. The van der Waals surface area contributed by atoms with E-state index in [1.807, 2.05) is 4.90 Å². The van der Waals surface area contributed by atoms with Gasteiger partial charge in [0.1, 0.15) is 5.75 Å². The summed E-state index contributed by atoms with van der Waals surface area (Å²) in [5.74, 6) is 0.557. The maximum absolute atomic E-state index is 13.1. The molecule has 2 saturated heterocycles. The molecule has 0 aromatic heterocycles. The van der Waals surface area contributed by atoms with Crippen molar-refractivity contribution in [3.63, 3.8) is 0 Å². The Morgan fingerprint density at radius 1 is 1.18 bits per heavy atom. The molecule has 9 nitrogen and oxygen atoms in total. The zero-order valence-electron chi connectivity index (χ0n) is 20.2. The number of anilines is 1. The Morgan fingerprint density at radius 3 is 2.62 bits per heavy atom. The molecule has 2 aliphatic heterocycles. The highest BCUT2D eigenvalue weighted by Crippen LogP contribution is 2.36. The van der Waals surface area contributed by atoms with Gasteiger partial charge < -0.3 is 19.7 Å². The van der Waals surface area contributed by atoms with Gasteiger partial charge in [-0.3, -0.25) is 9.59 Å². The first kappa shape index (κ1) is 24.9. The maximum Gasteiger partial charge on any atom is 0.243 e. The van der Waals surface area contributed by atoms with E-state index in [4.69, 9.17) is 9.47 Å². The van der Waals surface area contributed by atoms with Crippen LogP contribution in [0.5, 0.6) is 5.75 Å². The van der Waals surface area contributed by atoms with Crippen molar-refractivity contribution in [1.82, 2.24) is 9.21 Å². The third-order valence-corrected chi connectivity index (χ3v) is 9.52. The second-order valence-electron chi connectivity index (χ2n) is 9.65. The molecule has 3 fully saturated rings. The van der Waals surface area contributed by atoms with Gasteiger partial charge in [-0.2, -0.15) is 4.31 Å². The number of carbonyl (C=O) groups is 2. The Hall–Kier alpha value is -2.17. The molecule has 1 aromatic carbocycles. The van der Waals surface area contributed by atoms with Crippen molar-refractivity contribution in [1.29, 1.82) is 0 Å². The summed E-state index contributed by atoms with van der Waals surface area (Å²) < 4.78 is 38.1. The molecule has 188 valence electrons. The molecule has 34 heavy (non-hydrogen) atoms. The van der Waals surface area contributed by atoms with Crippen molar-refractivity contribution in [2.75, 3.05) is 45.3 Å². The summed E-state index contributed by atoms with van der Waals surface area (Å²) in [6, 6.07) is 4.62. The Morgan fingerprint density at radius 2 is 1.91 bits per heavy atom. The average Bonchev–Trinajstić information content (AvgIpc) is 3.23. The van der Waals surface area contributed by atoms with Crippen LogP contribution in [0.25, 0.3) is 0 Å². The predicted molar refractivity (Wildman–Crippen MR) is 127 cm³/mol. The second-order valence-corrected chi connectivity index (χ2v) is 11.6. The minimum absolute atomic E-state index is 0.0155. The molecule has 1 aromatic rings. The highest BCUT2D eigenvalue weighted by Gasteiger charge is 2.41. The number of benzene rings is 1. The number of rotatable bonds is 6. The number of likely N-dealkylation sites (tertiary alicyclic amines) is 1. The van der Waals surface area contributed by atoms with Crippen LogP contribution in [0.2, 0.25) is 0 Å². The molecule has 10 heteroatoms. The minimum Gasteiger partial charge on any atom is -0.495 e. The van der Waals surface area contributed by atoms with Crippen LogP contribution in [0.15, 0.2) is 23.1 Å². The summed E-state index contributed by atoms with van der Waals surface area (Å²) in [4.78, 5) is 27.9. The molecule has 0 bridgehead atoms. The molecule has 2 heterocycles. The molecule has 0 radical (unpaired) electrons. The van der Waals surface area contributed by atoms with Crippen LogP contribution in [0.4, 0.5) is 5.69 Å². The van der Waals surface area contributed by atoms with E-state index in [-0.39, 0.29) is 47.9 Å². The van der Waals surface area contributed by atoms with Crippen molar-refractivity contribution in [3.05, 3.63) is 18.2 Å². The lowest BCUT2D eigenvalue weighted by atomic mass is 9.77. The first-order chi connectivity index (χ1) is 16.2. The molecule has 0 unspecified atom stereocenters. The molecule has 4 atom stereocenters. The number of nitrogens with zero attached hydrogens (tertiary/aromatic N) is 2. The lowest BCUT2D eigenvalue weighted by molar-refractivity contribution is -0.131. The number of carbonyl (C=O) groups excluding carboxylic acids is 2. The van der Waals surface area contributed by atoms with Crippen LogP contribution in [-0.4, -0.2) is 75.4 Å². The Labute approximate surface area is 201 Å². The SMILES string of the molecule is COc1ccc(S(=O)(=O)N2CCOCC2)cc1NC(=O)[C@@H]1CC(=O)N([C@@H]2CCC[C@H](C)[C@@H]2C)C1. The Balaban J connectivity index is 1.49. The number of ether oxygens (including phenoxy) is 2. The van der Waals surface area contributed by atoms with Gasteiger partial charge in [-0.15, -0.1) is 0 Å². The van der Waals surface area contributed by atoms with Crippen LogP contribution in [0.1, 0.15) is 39.5 Å². The van der Waals surface area contributed by atoms with E-state index in [0.29, 0.717) is 37.3 Å². The fraction of sp³-hybridized carbons (Fsp3) is 0.667. The van der Waals surface area contributed by atoms with E-state index in [9.17, 15) is 18.0 Å². The highest BCUT2D eigenvalue weighted by molar-refractivity contribution is 7.89. The molecule has 4 rings (SSSR count). The molecule has 1 aliphatic carbocycles. The number of nitrogens with one attached hydrogen (secondary N) is 1. The molecular formula is C24H35N3O6S. The van der Waals surface area contributed by atoms with Crippen molar-refractivity contribution in [2.45, 2.75) is 50.5 Å². The van der Waals surface area contributed by atoms with E-state index in [1.54, 1.807) is 6.07 Å². The van der Waals surface area contributed by atoms with Gasteiger partial charge in [0.15, 0.2) is 0 Å². The molecule has 1 saturated carbocycles.